The van der Waals surface area contributed by atoms with Gasteiger partial charge in [0.2, 0.25) is 11.8 Å². The fourth-order valence-electron chi connectivity index (χ4n) is 5.77. The molecule has 0 bridgehead atoms. The highest BCUT2D eigenvalue weighted by molar-refractivity contribution is 6.84. The number of ether oxygens (including phenoxy) is 2. The third kappa shape index (κ3) is 4.47. The fraction of sp³-hybridized carbons (Fsp3) is 0.750. The van der Waals surface area contributed by atoms with Crippen molar-refractivity contribution in [1.29, 1.82) is 5.26 Å². The maximum atomic E-state index is 10.4. The summed E-state index contributed by atoms with van der Waals surface area (Å²) in [7, 11) is -4.13. The van der Waals surface area contributed by atoms with Crippen LogP contribution in [0.15, 0.2) is 6.33 Å². The summed E-state index contributed by atoms with van der Waals surface area (Å²) in [5.41, 5.74) is 7.53. The van der Waals surface area contributed by atoms with Crippen LogP contribution in [0, 0.1) is 17.2 Å². The van der Waals surface area contributed by atoms with Crippen molar-refractivity contribution < 1.29 is 22.4 Å². The van der Waals surface area contributed by atoms with Gasteiger partial charge in [0.05, 0.1) is 32.2 Å². The number of nitriles is 1. The molecule has 2 saturated heterocycles. The summed E-state index contributed by atoms with van der Waals surface area (Å²) in [6.45, 7) is 17.6. The molecule has 2 aliphatic rings. The van der Waals surface area contributed by atoms with Crippen LogP contribution in [0.5, 0.6) is 5.88 Å². The Morgan fingerprint density at radius 3 is 2.22 bits per heavy atom. The SMILES string of the molecule is COc1nc(N)nc2c1ncn2[C@@H]1O[C@@H]2CO[Si](C(C)C)(C(C)C)O[Si](C(C)C)(C(C)C)O[C@H]2[C@@H]1C#N. The number of fused-ring (bicyclic) bond motifs is 2. The second-order valence-electron chi connectivity index (χ2n) is 11.2. The summed E-state index contributed by atoms with van der Waals surface area (Å²) >= 11 is 0. The zero-order valence-corrected chi connectivity index (χ0v) is 25.3. The topological polar surface area (TPSA) is 140 Å². The molecule has 2 aromatic heterocycles. The molecule has 2 fully saturated rings. The molecule has 0 aliphatic carbocycles. The van der Waals surface area contributed by atoms with E-state index in [9.17, 15) is 5.26 Å². The van der Waals surface area contributed by atoms with Crippen LogP contribution in [0.4, 0.5) is 5.95 Å². The van der Waals surface area contributed by atoms with Crippen molar-refractivity contribution in [3.63, 3.8) is 0 Å². The molecule has 0 unspecified atom stereocenters. The summed E-state index contributed by atoms with van der Waals surface area (Å²) in [4.78, 5) is 12.9. The van der Waals surface area contributed by atoms with Crippen molar-refractivity contribution in [1.82, 2.24) is 19.5 Å². The van der Waals surface area contributed by atoms with E-state index < -0.39 is 41.5 Å². The minimum absolute atomic E-state index is 0.0484. The molecule has 4 rings (SSSR count). The molecule has 0 spiro atoms. The molecule has 2 aromatic rings. The Labute approximate surface area is 221 Å². The molecule has 13 heteroatoms. The van der Waals surface area contributed by atoms with Gasteiger partial charge >= 0.3 is 17.1 Å². The van der Waals surface area contributed by atoms with Crippen LogP contribution in [0.2, 0.25) is 22.2 Å². The van der Waals surface area contributed by atoms with Crippen LogP contribution in [0.3, 0.4) is 0 Å². The molecule has 2 N–H and O–H groups in total. The van der Waals surface area contributed by atoms with Crippen LogP contribution in [-0.2, 0) is 17.7 Å². The molecule has 4 atom stereocenters. The fourth-order valence-corrected chi connectivity index (χ4v) is 17.0. The normalized spacial score (nSPS) is 27.5. The average Bonchev–Trinajstić information content (AvgIpc) is 3.38. The van der Waals surface area contributed by atoms with Gasteiger partial charge in [-0.15, -0.1) is 0 Å². The monoisotopic (exact) mass is 548 g/mol. The van der Waals surface area contributed by atoms with Crippen molar-refractivity contribution in [3.05, 3.63) is 6.33 Å². The van der Waals surface area contributed by atoms with Gasteiger partial charge in [-0.3, -0.25) is 4.57 Å². The highest BCUT2D eigenvalue weighted by Crippen LogP contribution is 2.49. The summed E-state index contributed by atoms with van der Waals surface area (Å²) < 4.78 is 34.8. The first-order valence-electron chi connectivity index (χ1n) is 13.0. The van der Waals surface area contributed by atoms with E-state index in [0.717, 1.165) is 0 Å². The van der Waals surface area contributed by atoms with Gasteiger partial charge in [-0.25, -0.2) is 4.98 Å². The van der Waals surface area contributed by atoms with Crippen molar-refractivity contribution in [2.75, 3.05) is 19.5 Å². The number of anilines is 1. The zero-order chi connectivity index (χ0) is 27.3. The van der Waals surface area contributed by atoms with E-state index >= 15 is 0 Å². The Morgan fingerprint density at radius 1 is 1.05 bits per heavy atom. The molecule has 4 heterocycles. The highest BCUT2D eigenvalue weighted by Gasteiger charge is 2.62. The minimum atomic E-state index is -2.90. The standard InChI is InChI=1S/C24H40N6O5Si2/c1-13(2)36(14(3)4)32-11-18-20(34-37(35-36,15(5)6)16(7)8)17(10-25)23(33-18)30-12-27-19-21(30)28-24(26)29-22(19)31-9/h12-18,20,23H,11H2,1-9H3,(H2,26,28,29)/t17-,18+,20-,23+/m0/s1. The molecule has 0 amide bonds. The minimum Gasteiger partial charge on any atom is -0.479 e. The molecular formula is C24H40N6O5Si2. The molecule has 0 radical (unpaired) electrons. The molecule has 0 saturated carbocycles. The maximum absolute atomic E-state index is 10.4. The maximum Gasteiger partial charge on any atom is 0.335 e. The molecule has 2 aliphatic heterocycles. The van der Waals surface area contributed by atoms with Gasteiger partial charge in [0, 0.05) is 0 Å². The van der Waals surface area contributed by atoms with Crippen molar-refractivity contribution >= 4 is 34.2 Å². The van der Waals surface area contributed by atoms with Gasteiger partial charge < -0.3 is 28.2 Å². The zero-order valence-electron chi connectivity index (χ0n) is 23.3. The third-order valence-electron chi connectivity index (χ3n) is 7.70. The Morgan fingerprint density at radius 2 is 1.68 bits per heavy atom. The van der Waals surface area contributed by atoms with Gasteiger partial charge in [-0.2, -0.15) is 15.2 Å². The highest BCUT2D eigenvalue weighted by atomic mass is 28.5. The molecule has 37 heavy (non-hydrogen) atoms. The second kappa shape index (κ2) is 10.2. The van der Waals surface area contributed by atoms with Gasteiger partial charge in [0.1, 0.15) is 12.0 Å². The molecule has 11 nitrogen and oxygen atoms in total. The lowest BCUT2D eigenvalue weighted by Gasteiger charge is -2.51. The Hall–Kier alpha value is -2.09. The van der Waals surface area contributed by atoms with E-state index in [2.05, 4.69) is 76.4 Å². The Balaban J connectivity index is 1.83. The predicted octanol–water partition coefficient (Wildman–Crippen LogP) is 4.41. The van der Waals surface area contributed by atoms with Crippen LogP contribution in [-0.4, -0.2) is 62.6 Å². The van der Waals surface area contributed by atoms with Gasteiger partial charge in [-0.1, -0.05) is 55.4 Å². The van der Waals surface area contributed by atoms with Crippen LogP contribution < -0.4 is 10.5 Å². The Bertz CT molecular complexity index is 1150. The smallest absolute Gasteiger partial charge is 0.335 e. The Kier molecular flexibility index (Phi) is 7.73. The first kappa shape index (κ1) is 27.9. The third-order valence-corrected chi connectivity index (χ3v) is 17.9. The van der Waals surface area contributed by atoms with E-state index in [1.54, 1.807) is 10.9 Å². The summed E-state index contributed by atoms with van der Waals surface area (Å²) in [5, 5.41) is 10.4. The van der Waals surface area contributed by atoms with E-state index in [1.165, 1.54) is 7.11 Å². The number of rotatable bonds is 6. The number of nitrogens with two attached hydrogens (primary N) is 1. The molecule has 204 valence electrons. The number of hydrogen-bond acceptors (Lipinski definition) is 10. The van der Waals surface area contributed by atoms with Gasteiger partial charge in [0.15, 0.2) is 17.4 Å². The van der Waals surface area contributed by atoms with Crippen LogP contribution in [0.25, 0.3) is 11.2 Å². The van der Waals surface area contributed by atoms with Crippen molar-refractivity contribution in [2.24, 2.45) is 5.92 Å². The van der Waals surface area contributed by atoms with Gasteiger partial charge in [0.25, 0.3) is 0 Å². The predicted molar refractivity (Wildman–Crippen MR) is 143 cm³/mol. The van der Waals surface area contributed by atoms with Crippen LogP contribution in [0.1, 0.15) is 61.6 Å². The summed E-state index contributed by atoms with van der Waals surface area (Å²) in [6, 6.07) is 2.46. The lowest BCUT2D eigenvalue weighted by Crippen LogP contribution is -2.65. The second-order valence-corrected chi connectivity index (χ2v) is 20.0. The number of aromatic nitrogens is 4. The van der Waals surface area contributed by atoms with Gasteiger partial charge in [-0.05, 0) is 22.2 Å². The number of nitrogens with zero attached hydrogens (tertiary/aromatic N) is 5. The average molecular weight is 549 g/mol. The lowest BCUT2D eigenvalue weighted by atomic mass is 10.0. The van der Waals surface area contributed by atoms with E-state index in [-0.39, 0.29) is 40.6 Å². The largest absolute Gasteiger partial charge is 0.479 e. The van der Waals surface area contributed by atoms with Crippen molar-refractivity contribution in [2.45, 2.75) is 96.0 Å². The molecular weight excluding hydrogens is 508 g/mol. The number of imidazole rings is 1. The number of nitrogen functional groups attached to an aromatic ring is 1. The molecule has 0 aromatic carbocycles. The lowest BCUT2D eigenvalue weighted by molar-refractivity contribution is -0.0547. The van der Waals surface area contributed by atoms with Crippen molar-refractivity contribution in [3.8, 4) is 11.9 Å². The first-order valence-corrected chi connectivity index (χ1v) is 17.0. The van der Waals surface area contributed by atoms with Crippen LogP contribution >= 0.6 is 0 Å². The summed E-state index contributed by atoms with van der Waals surface area (Å²) in [6.07, 6.45) is -0.100. The van der Waals surface area contributed by atoms with E-state index in [4.69, 9.17) is 28.2 Å². The summed E-state index contributed by atoms with van der Waals surface area (Å²) in [5.74, 6) is -0.330. The number of hydrogen-bond donors (Lipinski definition) is 1. The first-order chi connectivity index (χ1) is 17.4. The van der Waals surface area contributed by atoms with E-state index in [1.807, 2.05) is 0 Å². The quantitative estimate of drug-likeness (QED) is 0.516. The number of methoxy groups -OCH3 is 1. The van der Waals surface area contributed by atoms with E-state index in [0.29, 0.717) is 11.2 Å².